The highest BCUT2D eigenvalue weighted by molar-refractivity contribution is 5.22. The zero-order valence-corrected chi connectivity index (χ0v) is 11.1. The predicted octanol–water partition coefficient (Wildman–Crippen LogP) is 3.10. The maximum atomic E-state index is 6.36. The van der Waals surface area contributed by atoms with Crippen molar-refractivity contribution in [2.45, 2.75) is 38.8 Å². The molecule has 0 bridgehead atoms. The van der Waals surface area contributed by atoms with Gasteiger partial charge >= 0.3 is 0 Å². The Hall–Kier alpha value is -1.61. The van der Waals surface area contributed by atoms with Gasteiger partial charge in [0.1, 0.15) is 5.82 Å². The topological polar surface area (TPSA) is 43.8 Å². The Kier molecular flexibility index (Phi) is 4.15. The van der Waals surface area contributed by atoms with Crippen molar-refractivity contribution in [2.24, 2.45) is 5.73 Å². The van der Waals surface area contributed by atoms with Crippen LogP contribution in [0.5, 0.6) is 0 Å². The second-order valence-corrected chi connectivity index (χ2v) is 4.70. The molecule has 0 amide bonds. The molecule has 0 spiro atoms. The maximum absolute atomic E-state index is 6.36. The first-order valence-corrected chi connectivity index (χ1v) is 6.55. The summed E-state index contributed by atoms with van der Waals surface area (Å²) in [7, 11) is 0. The quantitative estimate of drug-likeness (QED) is 0.877. The van der Waals surface area contributed by atoms with Gasteiger partial charge < -0.3 is 10.3 Å². The van der Waals surface area contributed by atoms with Gasteiger partial charge in [0.05, 0.1) is 6.04 Å². The standard InChI is InChI=1S/C15H21N3/c1-3-10-18-11-9-17-15(18)14(16)12(2)13-7-5-4-6-8-13/h4-9,11-12,14H,3,10,16H2,1-2H3. The number of rotatable bonds is 5. The van der Waals surface area contributed by atoms with Crippen molar-refractivity contribution in [2.75, 3.05) is 0 Å². The van der Waals surface area contributed by atoms with Gasteiger partial charge in [0.15, 0.2) is 0 Å². The number of aryl methyl sites for hydroxylation is 1. The lowest BCUT2D eigenvalue weighted by atomic mass is 9.93. The van der Waals surface area contributed by atoms with Gasteiger partial charge in [-0.15, -0.1) is 0 Å². The second kappa shape index (κ2) is 5.83. The molecular formula is C15H21N3. The molecule has 18 heavy (non-hydrogen) atoms. The molecule has 1 aromatic heterocycles. The third-order valence-electron chi connectivity index (χ3n) is 3.37. The summed E-state index contributed by atoms with van der Waals surface area (Å²) in [5.41, 5.74) is 7.62. The van der Waals surface area contributed by atoms with Gasteiger partial charge in [-0.25, -0.2) is 4.98 Å². The monoisotopic (exact) mass is 243 g/mol. The number of hydrogen-bond donors (Lipinski definition) is 1. The number of nitrogens with two attached hydrogens (primary N) is 1. The zero-order chi connectivity index (χ0) is 13.0. The molecule has 0 fully saturated rings. The average molecular weight is 243 g/mol. The molecule has 3 nitrogen and oxygen atoms in total. The molecule has 2 atom stereocenters. The van der Waals surface area contributed by atoms with Gasteiger partial charge in [-0.1, -0.05) is 44.2 Å². The largest absolute Gasteiger partial charge is 0.334 e. The molecule has 0 saturated carbocycles. The van der Waals surface area contributed by atoms with Crippen LogP contribution in [-0.4, -0.2) is 9.55 Å². The van der Waals surface area contributed by atoms with Gasteiger partial charge in [0.25, 0.3) is 0 Å². The molecule has 1 heterocycles. The maximum Gasteiger partial charge on any atom is 0.126 e. The van der Waals surface area contributed by atoms with E-state index in [4.69, 9.17) is 5.73 Å². The molecule has 0 aliphatic heterocycles. The number of hydrogen-bond acceptors (Lipinski definition) is 2. The van der Waals surface area contributed by atoms with E-state index in [2.05, 4.69) is 47.7 Å². The van der Waals surface area contributed by atoms with E-state index in [-0.39, 0.29) is 12.0 Å². The Morgan fingerprint density at radius 3 is 2.67 bits per heavy atom. The highest BCUT2D eigenvalue weighted by Gasteiger charge is 2.20. The molecule has 2 unspecified atom stereocenters. The molecule has 0 aliphatic carbocycles. The molecule has 2 aromatic rings. The highest BCUT2D eigenvalue weighted by Crippen LogP contribution is 2.27. The van der Waals surface area contributed by atoms with E-state index < -0.39 is 0 Å². The van der Waals surface area contributed by atoms with Crippen molar-refractivity contribution in [3.8, 4) is 0 Å². The molecule has 0 radical (unpaired) electrons. The number of nitrogens with zero attached hydrogens (tertiary/aromatic N) is 2. The van der Waals surface area contributed by atoms with Gasteiger partial charge in [-0.2, -0.15) is 0 Å². The summed E-state index contributed by atoms with van der Waals surface area (Å²) in [6.07, 6.45) is 4.94. The fourth-order valence-corrected chi connectivity index (χ4v) is 2.24. The molecule has 0 saturated heterocycles. The molecule has 1 aromatic carbocycles. The van der Waals surface area contributed by atoms with Crippen LogP contribution in [0.3, 0.4) is 0 Å². The van der Waals surface area contributed by atoms with Crippen molar-refractivity contribution in [3.05, 3.63) is 54.1 Å². The summed E-state index contributed by atoms with van der Waals surface area (Å²) < 4.78 is 2.16. The molecular weight excluding hydrogens is 222 g/mol. The lowest BCUT2D eigenvalue weighted by molar-refractivity contribution is 0.519. The van der Waals surface area contributed by atoms with Crippen LogP contribution >= 0.6 is 0 Å². The van der Waals surface area contributed by atoms with Gasteiger partial charge in [0, 0.05) is 24.9 Å². The summed E-state index contributed by atoms with van der Waals surface area (Å²) in [6.45, 7) is 5.30. The van der Waals surface area contributed by atoms with Crippen LogP contribution in [0.15, 0.2) is 42.7 Å². The van der Waals surface area contributed by atoms with Crippen molar-refractivity contribution >= 4 is 0 Å². The van der Waals surface area contributed by atoms with E-state index >= 15 is 0 Å². The van der Waals surface area contributed by atoms with E-state index in [1.54, 1.807) is 0 Å². The molecule has 0 aliphatic rings. The summed E-state index contributed by atoms with van der Waals surface area (Å²) >= 11 is 0. The fraction of sp³-hybridized carbons (Fsp3) is 0.400. The van der Waals surface area contributed by atoms with Gasteiger partial charge in [-0.3, -0.25) is 0 Å². The molecule has 96 valence electrons. The lowest BCUT2D eigenvalue weighted by Crippen LogP contribution is -2.22. The smallest absolute Gasteiger partial charge is 0.126 e. The summed E-state index contributed by atoms with van der Waals surface area (Å²) in [5, 5.41) is 0. The lowest BCUT2D eigenvalue weighted by Gasteiger charge is -2.21. The summed E-state index contributed by atoms with van der Waals surface area (Å²) in [6, 6.07) is 10.3. The van der Waals surface area contributed by atoms with Gasteiger partial charge in [-0.05, 0) is 12.0 Å². The minimum atomic E-state index is -0.0612. The first kappa shape index (κ1) is 12.8. The fourth-order valence-electron chi connectivity index (χ4n) is 2.24. The van der Waals surface area contributed by atoms with Crippen LogP contribution in [0.4, 0.5) is 0 Å². The van der Waals surface area contributed by atoms with Crippen LogP contribution in [0.25, 0.3) is 0 Å². The van der Waals surface area contributed by atoms with Gasteiger partial charge in [0.2, 0.25) is 0 Å². The zero-order valence-electron chi connectivity index (χ0n) is 11.1. The second-order valence-electron chi connectivity index (χ2n) is 4.70. The molecule has 2 N–H and O–H groups in total. The third-order valence-corrected chi connectivity index (χ3v) is 3.37. The van der Waals surface area contributed by atoms with E-state index in [9.17, 15) is 0 Å². The normalized spacial score (nSPS) is 14.4. The summed E-state index contributed by atoms with van der Waals surface area (Å²) in [5.74, 6) is 1.25. The Balaban J connectivity index is 2.20. The summed E-state index contributed by atoms with van der Waals surface area (Å²) in [4.78, 5) is 4.42. The number of benzene rings is 1. The minimum Gasteiger partial charge on any atom is -0.334 e. The SMILES string of the molecule is CCCn1ccnc1C(N)C(C)c1ccccc1. The highest BCUT2D eigenvalue weighted by atomic mass is 15.1. The molecule has 2 rings (SSSR count). The van der Waals surface area contributed by atoms with Crippen molar-refractivity contribution < 1.29 is 0 Å². The number of imidazole rings is 1. The van der Waals surface area contributed by atoms with E-state index in [1.807, 2.05) is 18.5 Å². The van der Waals surface area contributed by atoms with Crippen LogP contribution in [0, 0.1) is 0 Å². The minimum absolute atomic E-state index is 0.0612. The predicted molar refractivity (Wildman–Crippen MR) is 74.3 cm³/mol. The van der Waals surface area contributed by atoms with E-state index in [0.717, 1.165) is 18.8 Å². The Bertz CT molecular complexity index is 475. The van der Waals surface area contributed by atoms with Crippen LogP contribution in [0.1, 0.15) is 43.6 Å². The first-order chi connectivity index (χ1) is 8.74. The van der Waals surface area contributed by atoms with Crippen LogP contribution < -0.4 is 5.73 Å². The third kappa shape index (κ3) is 2.62. The van der Waals surface area contributed by atoms with Crippen molar-refractivity contribution in [1.82, 2.24) is 9.55 Å². The Morgan fingerprint density at radius 2 is 2.00 bits per heavy atom. The Labute approximate surface area is 109 Å². The van der Waals surface area contributed by atoms with Crippen molar-refractivity contribution in [1.29, 1.82) is 0 Å². The van der Waals surface area contributed by atoms with Crippen LogP contribution in [-0.2, 0) is 6.54 Å². The first-order valence-electron chi connectivity index (χ1n) is 6.55. The Morgan fingerprint density at radius 1 is 1.28 bits per heavy atom. The average Bonchev–Trinajstić information content (AvgIpc) is 2.87. The molecule has 3 heteroatoms. The number of aromatic nitrogens is 2. The van der Waals surface area contributed by atoms with E-state index in [0.29, 0.717) is 0 Å². The van der Waals surface area contributed by atoms with Crippen molar-refractivity contribution in [3.63, 3.8) is 0 Å². The van der Waals surface area contributed by atoms with E-state index in [1.165, 1.54) is 5.56 Å². The van der Waals surface area contributed by atoms with Crippen LogP contribution in [0.2, 0.25) is 0 Å².